The first kappa shape index (κ1) is 17.1. The predicted molar refractivity (Wildman–Crippen MR) is 92.0 cm³/mol. The Morgan fingerprint density at radius 1 is 1.42 bits per heavy atom. The van der Waals surface area contributed by atoms with Crippen molar-refractivity contribution in [2.75, 3.05) is 13.1 Å². The first-order chi connectivity index (χ1) is 11.7. The second kappa shape index (κ2) is 7.88. The van der Waals surface area contributed by atoms with E-state index in [1.807, 2.05) is 11.8 Å². The maximum absolute atomic E-state index is 12.5. The average molecular weight is 348 g/mol. The zero-order chi connectivity index (χ0) is 16.9. The number of rotatable bonds is 6. The summed E-state index contributed by atoms with van der Waals surface area (Å²) in [5.41, 5.74) is 1.07. The van der Waals surface area contributed by atoms with Crippen molar-refractivity contribution in [1.82, 2.24) is 20.0 Å². The van der Waals surface area contributed by atoms with E-state index >= 15 is 0 Å². The van der Waals surface area contributed by atoms with Gasteiger partial charge in [-0.25, -0.2) is 4.98 Å². The van der Waals surface area contributed by atoms with Crippen molar-refractivity contribution in [3.63, 3.8) is 0 Å². The van der Waals surface area contributed by atoms with E-state index in [-0.39, 0.29) is 5.91 Å². The molecule has 1 amide bonds. The maximum Gasteiger partial charge on any atom is 0.227 e. The molecule has 0 spiro atoms. The normalized spacial score (nSPS) is 18.1. The van der Waals surface area contributed by atoms with Crippen LogP contribution in [0.1, 0.15) is 60.9 Å². The molecule has 3 heterocycles. The van der Waals surface area contributed by atoms with Gasteiger partial charge in [0, 0.05) is 49.3 Å². The average Bonchev–Trinajstić information content (AvgIpc) is 3.22. The van der Waals surface area contributed by atoms with E-state index in [1.165, 1.54) is 0 Å². The largest absolute Gasteiger partial charge is 0.342 e. The number of hydrogen-bond donors (Lipinski definition) is 0. The minimum absolute atomic E-state index is 0.170. The molecular formula is C17H24N4O2S. The highest BCUT2D eigenvalue weighted by molar-refractivity contribution is 7.09. The van der Waals surface area contributed by atoms with Crippen LogP contribution >= 0.6 is 11.3 Å². The Balaban J connectivity index is 1.52. The van der Waals surface area contributed by atoms with Gasteiger partial charge in [-0.1, -0.05) is 12.1 Å². The summed E-state index contributed by atoms with van der Waals surface area (Å²) in [6.45, 7) is 5.71. The van der Waals surface area contributed by atoms with Gasteiger partial charge in [0.2, 0.25) is 11.8 Å². The molecule has 0 N–H and O–H groups in total. The van der Waals surface area contributed by atoms with E-state index in [0.717, 1.165) is 55.3 Å². The molecular weight excluding hydrogens is 324 g/mol. The lowest BCUT2D eigenvalue weighted by Gasteiger charge is -2.31. The van der Waals surface area contributed by atoms with Crippen molar-refractivity contribution in [2.45, 2.75) is 58.3 Å². The lowest BCUT2D eigenvalue weighted by molar-refractivity contribution is -0.132. The van der Waals surface area contributed by atoms with Crippen molar-refractivity contribution >= 4 is 17.2 Å². The van der Waals surface area contributed by atoms with Crippen LogP contribution in [0, 0.1) is 6.92 Å². The van der Waals surface area contributed by atoms with Gasteiger partial charge in [-0.15, -0.1) is 11.3 Å². The van der Waals surface area contributed by atoms with E-state index in [0.29, 0.717) is 24.7 Å². The molecule has 6 nitrogen and oxygen atoms in total. The fraction of sp³-hybridized carbons (Fsp3) is 0.647. The number of thiazole rings is 1. The molecule has 1 atom stereocenters. The zero-order valence-electron chi connectivity index (χ0n) is 14.3. The minimum atomic E-state index is 0.170. The van der Waals surface area contributed by atoms with Crippen LogP contribution in [0.2, 0.25) is 0 Å². The van der Waals surface area contributed by atoms with Gasteiger partial charge >= 0.3 is 0 Å². The molecule has 0 unspecified atom stereocenters. The summed E-state index contributed by atoms with van der Waals surface area (Å²) in [6, 6.07) is 0. The fourth-order valence-electron chi connectivity index (χ4n) is 3.05. The summed E-state index contributed by atoms with van der Waals surface area (Å²) < 4.78 is 5.21. The summed E-state index contributed by atoms with van der Waals surface area (Å²) in [5, 5.41) is 7.17. The van der Waals surface area contributed by atoms with E-state index in [2.05, 4.69) is 27.4 Å². The minimum Gasteiger partial charge on any atom is -0.342 e. The van der Waals surface area contributed by atoms with E-state index < -0.39 is 0 Å². The highest BCUT2D eigenvalue weighted by atomic mass is 32.1. The van der Waals surface area contributed by atoms with Gasteiger partial charge in [-0.05, 0) is 26.2 Å². The zero-order valence-corrected chi connectivity index (χ0v) is 15.1. The van der Waals surface area contributed by atoms with Crippen LogP contribution in [0.25, 0.3) is 0 Å². The summed E-state index contributed by atoms with van der Waals surface area (Å²) in [6.07, 6.45) is 4.91. The molecule has 0 aliphatic carbocycles. The standard InChI is InChI=1S/C17H24N4O2S/c1-3-5-14-19-15(23-20-14)7-8-16(22)21-9-4-6-13(10-21)17-18-12(2)11-24-17/h11,13H,3-10H2,1-2H3/t13-/m0/s1. The van der Waals surface area contributed by atoms with Gasteiger partial charge in [-0.2, -0.15) is 4.98 Å². The molecule has 0 bridgehead atoms. The summed E-state index contributed by atoms with van der Waals surface area (Å²) in [5.74, 6) is 1.84. The number of carbonyl (C=O) groups excluding carboxylic acids is 1. The number of amides is 1. The van der Waals surface area contributed by atoms with Gasteiger partial charge in [0.15, 0.2) is 5.82 Å². The van der Waals surface area contributed by atoms with Crippen LogP contribution < -0.4 is 0 Å². The third kappa shape index (κ3) is 4.20. The van der Waals surface area contributed by atoms with Crippen LogP contribution in [0.15, 0.2) is 9.90 Å². The van der Waals surface area contributed by atoms with Gasteiger partial charge < -0.3 is 9.42 Å². The number of likely N-dealkylation sites (tertiary alicyclic amines) is 1. The SMILES string of the molecule is CCCc1noc(CCC(=O)N2CCC[C@H](c3nc(C)cs3)C2)n1. The monoisotopic (exact) mass is 348 g/mol. The van der Waals surface area contributed by atoms with Crippen LogP contribution in [-0.2, 0) is 17.6 Å². The Morgan fingerprint density at radius 3 is 3.04 bits per heavy atom. The molecule has 0 saturated carbocycles. The Kier molecular flexibility index (Phi) is 5.60. The predicted octanol–water partition coefficient (Wildman–Crippen LogP) is 3.13. The molecule has 1 aliphatic rings. The van der Waals surface area contributed by atoms with Crippen molar-refractivity contribution in [2.24, 2.45) is 0 Å². The molecule has 2 aromatic rings. The van der Waals surface area contributed by atoms with Crippen LogP contribution in [0.5, 0.6) is 0 Å². The molecule has 1 fully saturated rings. The van der Waals surface area contributed by atoms with Gasteiger partial charge in [0.25, 0.3) is 0 Å². The number of aryl methyl sites for hydroxylation is 3. The molecule has 7 heteroatoms. The Labute approximate surface area is 146 Å². The molecule has 1 aliphatic heterocycles. The first-order valence-corrected chi connectivity index (χ1v) is 9.55. The maximum atomic E-state index is 12.5. The van der Waals surface area contributed by atoms with Crippen LogP contribution in [0.3, 0.4) is 0 Å². The first-order valence-electron chi connectivity index (χ1n) is 8.67. The van der Waals surface area contributed by atoms with Crippen molar-refractivity contribution in [3.8, 4) is 0 Å². The lowest BCUT2D eigenvalue weighted by Crippen LogP contribution is -2.39. The van der Waals surface area contributed by atoms with E-state index in [4.69, 9.17) is 4.52 Å². The fourth-order valence-corrected chi connectivity index (χ4v) is 3.98. The third-order valence-corrected chi connectivity index (χ3v) is 5.42. The third-order valence-electron chi connectivity index (χ3n) is 4.30. The van der Waals surface area contributed by atoms with Gasteiger partial charge in [0.05, 0.1) is 5.01 Å². The number of nitrogens with zero attached hydrogens (tertiary/aromatic N) is 4. The molecule has 1 saturated heterocycles. The highest BCUT2D eigenvalue weighted by Crippen LogP contribution is 2.29. The van der Waals surface area contributed by atoms with Crippen LogP contribution in [0.4, 0.5) is 0 Å². The van der Waals surface area contributed by atoms with Crippen molar-refractivity contribution in [1.29, 1.82) is 0 Å². The van der Waals surface area contributed by atoms with Crippen molar-refractivity contribution in [3.05, 3.63) is 27.8 Å². The number of piperidine rings is 1. The van der Waals surface area contributed by atoms with E-state index in [9.17, 15) is 4.79 Å². The number of aromatic nitrogens is 3. The molecule has 0 aromatic carbocycles. The van der Waals surface area contributed by atoms with E-state index in [1.54, 1.807) is 11.3 Å². The summed E-state index contributed by atoms with van der Waals surface area (Å²) in [7, 11) is 0. The molecule has 24 heavy (non-hydrogen) atoms. The highest BCUT2D eigenvalue weighted by Gasteiger charge is 2.26. The molecule has 0 radical (unpaired) electrons. The Morgan fingerprint density at radius 2 is 2.29 bits per heavy atom. The number of carbonyl (C=O) groups is 1. The number of hydrogen-bond acceptors (Lipinski definition) is 6. The molecule has 2 aromatic heterocycles. The lowest BCUT2D eigenvalue weighted by atomic mass is 9.98. The summed E-state index contributed by atoms with van der Waals surface area (Å²) >= 11 is 1.71. The van der Waals surface area contributed by atoms with Gasteiger partial charge in [-0.3, -0.25) is 4.79 Å². The second-order valence-corrected chi connectivity index (χ2v) is 7.25. The van der Waals surface area contributed by atoms with Crippen molar-refractivity contribution < 1.29 is 9.32 Å². The molecule has 130 valence electrons. The molecule has 3 rings (SSSR count). The van der Waals surface area contributed by atoms with Crippen LogP contribution in [-0.4, -0.2) is 39.0 Å². The van der Waals surface area contributed by atoms with Gasteiger partial charge in [0.1, 0.15) is 0 Å². The summed E-state index contributed by atoms with van der Waals surface area (Å²) in [4.78, 5) is 23.4. The smallest absolute Gasteiger partial charge is 0.227 e. The second-order valence-electron chi connectivity index (χ2n) is 6.36. The topological polar surface area (TPSA) is 72.1 Å². The quantitative estimate of drug-likeness (QED) is 0.802. The Hall–Kier alpha value is -1.76. The Bertz CT molecular complexity index is 682.